The van der Waals surface area contributed by atoms with E-state index < -0.39 is 0 Å². The lowest BCUT2D eigenvalue weighted by atomic mass is 9.82. The van der Waals surface area contributed by atoms with Gasteiger partial charge in [0.25, 0.3) is 0 Å². The first kappa shape index (κ1) is 16.2. The molecule has 0 aromatic rings. The summed E-state index contributed by atoms with van der Waals surface area (Å²) in [6.45, 7) is 3.70. The van der Waals surface area contributed by atoms with Crippen LogP contribution in [0.3, 0.4) is 0 Å². The van der Waals surface area contributed by atoms with E-state index in [4.69, 9.17) is 9.84 Å². The van der Waals surface area contributed by atoms with E-state index in [1.165, 1.54) is 6.92 Å². The summed E-state index contributed by atoms with van der Waals surface area (Å²) in [5.74, 6) is 0.741. The average molecular weight is 369 g/mol. The quantitative estimate of drug-likeness (QED) is 0.440. The van der Waals surface area contributed by atoms with Crippen LogP contribution in [0.2, 0.25) is 0 Å². The minimum atomic E-state index is -0.177. The van der Waals surface area contributed by atoms with Gasteiger partial charge in [-0.05, 0) is 32.2 Å². The van der Waals surface area contributed by atoms with Crippen LogP contribution in [0.25, 0.3) is 0 Å². The first-order chi connectivity index (χ1) is 8.58. The van der Waals surface area contributed by atoms with E-state index in [-0.39, 0.29) is 18.7 Å². The molecule has 1 fully saturated rings. The van der Waals surface area contributed by atoms with Crippen molar-refractivity contribution in [1.82, 2.24) is 4.90 Å². The van der Waals surface area contributed by atoms with Crippen molar-refractivity contribution >= 4 is 28.6 Å². The van der Waals surface area contributed by atoms with Gasteiger partial charge in [0.15, 0.2) is 0 Å². The summed E-state index contributed by atoms with van der Waals surface area (Å²) in [6, 6.07) is 0. The van der Waals surface area contributed by atoms with Crippen LogP contribution in [0.4, 0.5) is 0 Å². The van der Waals surface area contributed by atoms with Gasteiger partial charge in [-0.3, -0.25) is 4.79 Å². The Hall–Kier alpha value is 0.120. The third-order valence-electron chi connectivity index (χ3n) is 3.65. The smallest absolute Gasteiger partial charge is 0.302 e. The Kier molecular flexibility index (Phi) is 7.48. The topological polar surface area (TPSA) is 49.8 Å². The van der Waals surface area contributed by atoms with Crippen molar-refractivity contribution in [3.63, 3.8) is 0 Å². The molecule has 4 nitrogen and oxygen atoms in total. The Bertz CT molecular complexity index is 263. The lowest BCUT2D eigenvalue weighted by molar-refractivity contribution is -0.153. The largest absolute Gasteiger partial charge is 0.462 e. The van der Waals surface area contributed by atoms with E-state index >= 15 is 0 Å². The second kappa shape index (κ2) is 8.32. The van der Waals surface area contributed by atoms with Crippen molar-refractivity contribution in [3.8, 4) is 0 Å². The van der Waals surface area contributed by atoms with Crippen LogP contribution in [0, 0.1) is 11.8 Å². The molecular weight excluding hydrogens is 345 g/mol. The van der Waals surface area contributed by atoms with E-state index in [0.29, 0.717) is 11.8 Å². The second-order valence-corrected chi connectivity index (χ2v) is 6.02. The van der Waals surface area contributed by atoms with Crippen molar-refractivity contribution in [2.45, 2.75) is 32.3 Å². The highest BCUT2D eigenvalue weighted by atomic mass is 127. The van der Waals surface area contributed by atoms with Crippen LogP contribution in [0.15, 0.2) is 0 Å². The molecule has 1 rings (SSSR count). The number of rotatable bonds is 6. The van der Waals surface area contributed by atoms with E-state index in [2.05, 4.69) is 34.5 Å². The molecule has 0 aliphatic carbocycles. The summed E-state index contributed by atoms with van der Waals surface area (Å²) >= 11 is 2.40. The normalized spacial score (nSPS) is 26.9. The first-order valence-electron chi connectivity index (χ1n) is 6.61. The summed E-state index contributed by atoms with van der Waals surface area (Å²) in [4.78, 5) is 13.5. The molecule has 1 saturated heterocycles. The Balaban J connectivity index is 2.65. The zero-order valence-corrected chi connectivity index (χ0v) is 13.4. The summed E-state index contributed by atoms with van der Waals surface area (Å²) in [7, 11) is 2.12. The molecule has 0 aromatic heterocycles. The molecule has 0 aromatic carbocycles. The summed E-state index contributed by atoms with van der Waals surface area (Å²) in [5.41, 5.74) is 0. The fourth-order valence-corrected chi connectivity index (χ4v) is 3.80. The molecule has 106 valence electrons. The molecule has 1 aliphatic rings. The molecule has 1 heterocycles. The molecule has 0 radical (unpaired) electrons. The molecule has 18 heavy (non-hydrogen) atoms. The minimum Gasteiger partial charge on any atom is -0.462 e. The van der Waals surface area contributed by atoms with Gasteiger partial charge in [-0.25, -0.2) is 0 Å². The third kappa shape index (κ3) is 5.01. The SMILES string of the molecule is CC(=O)OC1CCN(C)CC1C(CI)CCCO. The highest BCUT2D eigenvalue weighted by Crippen LogP contribution is 2.30. The Morgan fingerprint density at radius 1 is 1.61 bits per heavy atom. The monoisotopic (exact) mass is 369 g/mol. The predicted octanol–water partition coefficient (Wildman–Crippen LogP) is 1.69. The number of hydrogen-bond donors (Lipinski definition) is 1. The summed E-state index contributed by atoms with van der Waals surface area (Å²) in [6.07, 6.45) is 2.82. The number of hydrogen-bond acceptors (Lipinski definition) is 4. The number of ether oxygens (including phenoxy) is 1. The number of aliphatic hydroxyl groups excluding tert-OH is 1. The molecule has 1 aliphatic heterocycles. The van der Waals surface area contributed by atoms with Crippen molar-refractivity contribution in [3.05, 3.63) is 0 Å². The third-order valence-corrected chi connectivity index (χ3v) is 4.78. The van der Waals surface area contributed by atoms with Crippen LogP contribution >= 0.6 is 22.6 Å². The highest BCUT2D eigenvalue weighted by molar-refractivity contribution is 14.1. The number of nitrogens with zero attached hydrogens (tertiary/aromatic N) is 1. The van der Waals surface area contributed by atoms with Crippen LogP contribution in [0.1, 0.15) is 26.2 Å². The number of piperidine rings is 1. The zero-order chi connectivity index (χ0) is 13.5. The Morgan fingerprint density at radius 2 is 2.33 bits per heavy atom. The van der Waals surface area contributed by atoms with Crippen molar-refractivity contribution in [1.29, 1.82) is 0 Å². The highest BCUT2D eigenvalue weighted by Gasteiger charge is 2.34. The zero-order valence-electron chi connectivity index (χ0n) is 11.3. The van der Waals surface area contributed by atoms with Gasteiger partial charge >= 0.3 is 5.97 Å². The molecule has 3 atom stereocenters. The molecule has 0 bridgehead atoms. The van der Waals surface area contributed by atoms with Crippen LogP contribution in [-0.4, -0.2) is 53.3 Å². The molecule has 0 saturated carbocycles. The van der Waals surface area contributed by atoms with Gasteiger partial charge in [0.1, 0.15) is 6.10 Å². The maximum atomic E-state index is 11.2. The number of carbonyl (C=O) groups is 1. The lowest BCUT2D eigenvalue weighted by Gasteiger charge is -2.40. The van der Waals surface area contributed by atoms with E-state index in [1.807, 2.05) is 0 Å². The minimum absolute atomic E-state index is 0.0529. The molecule has 3 unspecified atom stereocenters. The van der Waals surface area contributed by atoms with Gasteiger partial charge in [0.2, 0.25) is 0 Å². The van der Waals surface area contributed by atoms with E-state index in [9.17, 15) is 4.79 Å². The Labute approximate surface area is 123 Å². The lowest BCUT2D eigenvalue weighted by Crippen LogP contribution is -2.46. The van der Waals surface area contributed by atoms with Crippen molar-refractivity contribution in [2.75, 3.05) is 31.2 Å². The van der Waals surface area contributed by atoms with Gasteiger partial charge in [0, 0.05) is 37.0 Å². The molecule has 0 amide bonds. The molecule has 0 spiro atoms. The number of alkyl halides is 1. The summed E-state index contributed by atoms with van der Waals surface area (Å²) in [5, 5.41) is 8.97. The van der Waals surface area contributed by atoms with Crippen molar-refractivity contribution < 1.29 is 14.6 Å². The van der Waals surface area contributed by atoms with Crippen molar-refractivity contribution in [2.24, 2.45) is 11.8 Å². The standard InChI is InChI=1S/C13H24INO3/c1-10(17)18-13-5-6-15(2)9-12(13)11(8-14)4-3-7-16/h11-13,16H,3-9H2,1-2H3. The van der Waals surface area contributed by atoms with Crippen LogP contribution in [0.5, 0.6) is 0 Å². The van der Waals surface area contributed by atoms with Gasteiger partial charge in [-0.15, -0.1) is 0 Å². The molecular formula is C13H24INO3. The molecule has 1 N–H and O–H groups in total. The summed E-state index contributed by atoms with van der Waals surface area (Å²) < 4.78 is 6.53. The number of esters is 1. The van der Waals surface area contributed by atoms with Crippen LogP contribution in [-0.2, 0) is 9.53 Å². The number of carbonyl (C=O) groups excluding carboxylic acids is 1. The first-order valence-corrected chi connectivity index (χ1v) is 8.13. The van der Waals surface area contributed by atoms with E-state index in [1.54, 1.807) is 0 Å². The van der Waals surface area contributed by atoms with E-state index in [0.717, 1.165) is 36.8 Å². The maximum absolute atomic E-state index is 11.2. The fourth-order valence-electron chi connectivity index (χ4n) is 2.70. The molecule has 5 heteroatoms. The number of halogens is 1. The maximum Gasteiger partial charge on any atom is 0.302 e. The average Bonchev–Trinajstić information content (AvgIpc) is 2.33. The van der Waals surface area contributed by atoms with Gasteiger partial charge in [0.05, 0.1) is 0 Å². The van der Waals surface area contributed by atoms with Gasteiger partial charge < -0.3 is 14.7 Å². The number of likely N-dealkylation sites (tertiary alicyclic amines) is 1. The van der Waals surface area contributed by atoms with Gasteiger partial charge in [-0.2, -0.15) is 0 Å². The Morgan fingerprint density at radius 3 is 2.89 bits per heavy atom. The fraction of sp³-hybridized carbons (Fsp3) is 0.923. The predicted molar refractivity (Wildman–Crippen MR) is 79.9 cm³/mol. The second-order valence-electron chi connectivity index (χ2n) is 5.14. The van der Waals surface area contributed by atoms with Gasteiger partial charge in [-0.1, -0.05) is 22.6 Å². The van der Waals surface area contributed by atoms with Crippen LogP contribution < -0.4 is 0 Å². The number of aliphatic hydroxyl groups is 1.